The Morgan fingerprint density at radius 2 is 1.90 bits per heavy atom. The monoisotopic (exact) mass is 309 g/mol. The molecule has 0 unspecified atom stereocenters. The molecule has 114 valence electrons. The first-order chi connectivity index (χ1) is 9.17. The second-order valence-corrected chi connectivity index (χ2v) is 4.46. The first-order valence-corrected chi connectivity index (χ1v) is 6.22. The highest BCUT2D eigenvalue weighted by Gasteiger charge is 2.15. The number of halogens is 1. The number of aromatic nitrogens is 2. The van der Waals surface area contributed by atoms with Crippen molar-refractivity contribution in [2.24, 2.45) is 5.73 Å². The van der Waals surface area contributed by atoms with Gasteiger partial charge in [0.2, 0.25) is 0 Å². The minimum Gasteiger partial charge on any atom is -0.412 e. The molecule has 2 rings (SSSR count). The number of hydrogen-bond donors (Lipinski definition) is 2. The number of nitriles is 1. The van der Waals surface area contributed by atoms with Gasteiger partial charge in [-0.3, -0.25) is 0 Å². The summed E-state index contributed by atoms with van der Waals surface area (Å²) in [6.07, 6.45) is 1.46. The zero-order chi connectivity index (χ0) is 13.8. The first kappa shape index (κ1) is 18.9. The predicted molar refractivity (Wildman–Crippen MR) is 85.7 cm³/mol. The lowest BCUT2D eigenvalue weighted by atomic mass is 10.1. The Hall–Kier alpha value is -2.07. The highest BCUT2D eigenvalue weighted by atomic mass is 35.5. The van der Waals surface area contributed by atoms with Crippen LogP contribution in [-0.2, 0) is 6.42 Å². The number of rotatable bonds is 4. The van der Waals surface area contributed by atoms with Crippen LogP contribution in [-0.4, -0.2) is 21.8 Å². The molecular formula is C14H20ClN5O. The van der Waals surface area contributed by atoms with Crippen molar-refractivity contribution < 1.29 is 5.48 Å². The van der Waals surface area contributed by atoms with Crippen LogP contribution in [0, 0.1) is 18.3 Å². The minimum atomic E-state index is 0. The molecule has 1 heterocycles. The number of benzene rings is 1. The fraction of sp³-hybridized carbons (Fsp3) is 0.286. The fourth-order valence-corrected chi connectivity index (χ4v) is 1.93. The fourth-order valence-electron chi connectivity index (χ4n) is 1.93. The van der Waals surface area contributed by atoms with Crippen molar-refractivity contribution in [1.82, 2.24) is 9.78 Å². The van der Waals surface area contributed by atoms with Crippen molar-refractivity contribution in [2.45, 2.75) is 19.8 Å². The van der Waals surface area contributed by atoms with Crippen LogP contribution in [0.5, 0.6) is 0 Å². The lowest BCUT2D eigenvalue weighted by Gasteiger charge is -2.03. The van der Waals surface area contributed by atoms with Crippen LogP contribution < -0.4 is 11.5 Å². The molecule has 0 aliphatic rings. The van der Waals surface area contributed by atoms with E-state index in [1.807, 2.05) is 31.2 Å². The molecule has 1 aromatic carbocycles. The normalized spacial score (nSPS) is 9.38. The average molecular weight is 310 g/mol. The van der Waals surface area contributed by atoms with Gasteiger partial charge in [-0.05, 0) is 38.4 Å². The summed E-state index contributed by atoms with van der Waals surface area (Å²) in [5.74, 6) is 0.387. The molecular weight excluding hydrogens is 290 g/mol. The molecule has 1 aromatic heterocycles. The maximum atomic E-state index is 9.19. The molecule has 0 saturated heterocycles. The van der Waals surface area contributed by atoms with Crippen molar-refractivity contribution in [3.63, 3.8) is 0 Å². The van der Waals surface area contributed by atoms with Gasteiger partial charge in [-0.15, -0.1) is 12.4 Å². The molecule has 2 aromatic rings. The van der Waals surface area contributed by atoms with Crippen molar-refractivity contribution in [3.8, 4) is 11.8 Å². The maximum Gasteiger partial charge on any atom is 0.145 e. The van der Waals surface area contributed by atoms with Gasteiger partial charge in [0.25, 0.3) is 0 Å². The van der Waals surface area contributed by atoms with Gasteiger partial charge in [0.1, 0.15) is 17.5 Å². The van der Waals surface area contributed by atoms with Crippen LogP contribution in [0.25, 0.3) is 5.69 Å². The van der Waals surface area contributed by atoms with Gasteiger partial charge in [0.15, 0.2) is 0 Å². The summed E-state index contributed by atoms with van der Waals surface area (Å²) >= 11 is 0. The van der Waals surface area contributed by atoms with Gasteiger partial charge in [-0.2, -0.15) is 10.4 Å². The SMILES string of the molecule is Cc1ccc(-n2nc(CCCN)c(C#N)c2N)cc1.Cl.O. The second kappa shape index (κ2) is 8.27. The van der Waals surface area contributed by atoms with E-state index >= 15 is 0 Å². The summed E-state index contributed by atoms with van der Waals surface area (Å²) in [4.78, 5) is 0. The van der Waals surface area contributed by atoms with Gasteiger partial charge in [-0.25, -0.2) is 4.68 Å². The maximum absolute atomic E-state index is 9.19. The van der Waals surface area contributed by atoms with Gasteiger partial charge < -0.3 is 16.9 Å². The van der Waals surface area contributed by atoms with E-state index in [-0.39, 0.29) is 17.9 Å². The number of aryl methyl sites for hydroxylation is 2. The molecule has 7 heteroatoms. The van der Waals surface area contributed by atoms with Gasteiger partial charge in [0, 0.05) is 0 Å². The summed E-state index contributed by atoms with van der Waals surface area (Å²) in [5.41, 5.74) is 14.7. The lowest BCUT2D eigenvalue weighted by molar-refractivity contribution is 0.776. The molecule has 0 radical (unpaired) electrons. The van der Waals surface area contributed by atoms with E-state index in [1.54, 1.807) is 4.68 Å². The molecule has 21 heavy (non-hydrogen) atoms. The van der Waals surface area contributed by atoms with Gasteiger partial charge >= 0.3 is 0 Å². The molecule has 0 fully saturated rings. The highest BCUT2D eigenvalue weighted by molar-refractivity contribution is 5.85. The van der Waals surface area contributed by atoms with Crippen LogP contribution in [0.2, 0.25) is 0 Å². The van der Waals surface area contributed by atoms with Crippen LogP contribution in [0.4, 0.5) is 5.82 Å². The first-order valence-electron chi connectivity index (χ1n) is 6.22. The molecule has 0 spiro atoms. The quantitative estimate of drug-likeness (QED) is 0.877. The third kappa shape index (κ3) is 3.95. The largest absolute Gasteiger partial charge is 0.412 e. The molecule has 0 aliphatic carbocycles. The summed E-state index contributed by atoms with van der Waals surface area (Å²) in [6, 6.07) is 9.98. The molecule has 6 nitrogen and oxygen atoms in total. The third-order valence-electron chi connectivity index (χ3n) is 3.00. The third-order valence-corrected chi connectivity index (χ3v) is 3.00. The average Bonchev–Trinajstić information content (AvgIpc) is 2.73. The minimum absolute atomic E-state index is 0. The van der Waals surface area contributed by atoms with E-state index in [9.17, 15) is 5.26 Å². The molecule has 0 atom stereocenters. The Morgan fingerprint density at radius 3 is 2.43 bits per heavy atom. The van der Waals surface area contributed by atoms with Crippen LogP contribution in [0.15, 0.2) is 24.3 Å². The number of anilines is 1. The van der Waals surface area contributed by atoms with Crippen LogP contribution in [0.3, 0.4) is 0 Å². The topological polar surface area (TPSA) is 125 Å². The second-order valence-electron chi connectivity index (χ2n) is 4.46. The molecule has 0 aliphatic heterocycles. The molecule has 6 N–H and O–H groups in total. The number of nitrogens with two attached hydrogens (primary N) is 2. The Balaban J connectivity index is 0.00000200. The zero-order valence-corrected chi connectivity index (χ0v) is 12.7. The Labute approximate surface area is 130 Å². The van der Waals surface area contributed by atoms with Crippen LogP contribution in [0.1, 0.15) is 23.2 Å². The lowest BCUT2D eigenvalue weighted by Crippen LogP contribution is -2.03. The van der Waals surface area contributed by atoms with Crippen molar-refractivity contribution in [3.05, 3.63) is 41.1 Å². The highest BCUT2D eigenvalue weighted by Crippen LogP contribution is 2.21. The van der Waals surface area contributed by atoms with Crippen LogP contribution >= 0.6 is 12.4 Å². The number of nitrogens with zero attached hydrogens (tertiary/aromatic N) is 3. The van der Waals surface area contributed by atoms with E-state index in [0.717, 1.165) is 12.1 Å². The Kier molecular flexibility index (Phi) is 7.45. The van der Waals surface area contributed by atoms with E-state index in [4.69, 9.17) is 11.5 Å². The van der Waals surface area contributed by atoms with Gasteiger partial charge in [-0.1, -0.05) is 17.7 Å². The molecule has 0 bridgehead atoms. The van der Waals surface area contributed by atoms with Gasteiger partial charge in [0.05, 0.1) is 11.4 Å². The summed E-state index contributed by atoms with van der Waals surface area (Å²) in [6.45, 7) is 2.59. The zero-order valence-electron chi connectivity index (χ0n) is 11.8. The number of nitrogen functional groups attached to an aromatic ring is 1. The molecule has 0 saturated carbocycles. The Morgan fingerprint density at radius 1 is 1.29 bits per heavy atom. The summed E-state index contributed by atoms with van der Waals surface area (Å²) < 4.78 is 1.61. The Bertz CT molecular complexity index is 616. The van der Waals surface area contributed by atoms with Crippen molar-refractivity contribution in [1.29, 1.82) is 5.26 Å². The van der Waals surface area contributed by atoms with E-state index in [2.05, 4.69) is 11.2 Å². The predicted octanol–water partition coefficient (Wildman–Crippen LogP) is 1.12. The molecule has 0 amide bonds. The van der Waals surface area contributed by atoms with Crippen molar-refractivity contribution >= 4 is 18.2 Å². The van der Waals surface area contributed by atoms with E-state index < -0.39 is 0 Å². The van der Waals surface area contributed by atoms with E-state index in [1.165, 1.54) is 5.56 Å². The van der Waals surface area contributed by atoms with Crippen molar-refractivity contribution in [2.75, 3.05) is 12.3 Å². The smallest absolute Gasteiger partial charge is 0.145 e. The summed E-state index contributed by atoms with van der Waals surface area (Å²) in [5, 5.41) is 13.6. The summed E-state index contributed by atoms with van der Waals surface area (Å²) in [7, 11) is 0. The number of hydrogen-bond acceptors (Lipinski definition) is 4. The van der Waals surface area contributed by atoms with E-state index in [0.29, 0.717) is 30.0 Å². The standard InChI is InChI=1S/C14H17N5.ClH.H2O/c1-10-4-6-11(7-5-10)19-14(17)12(9-16)13(18-19)3-2-8-15;;/h4-7H,2-3,8,15,17H2,1H3;1H;1H2.